The maximum atomic E-state index is 12.2. The molecule has 0 aliphatic rings. The van der Waals surface area contributed by atoms with E-state index in [2.05, 4.69) is 105 Å². The van der Waals surface area contributed by atoms with E-state index in [-0.39, 0.29) is 5.97 Å². The summed E-state index contributed by atoms with van der Waals surface area (Å²) >= 11 is 0. The standard InChI is InChI=1S/C28H71O8Si10/c1-27(2)28(29)30-19-18-23-46(34-43(12,13)24-20-40(9)31-37(3)4,35-44(14,15)25-21-41(10)32-38(5)6)36-45(16,17)26-22-42(11)33-39(7)8/h37-39H,1,18-26H2,2-17H3. The highest BCUT2D eigenvalue weighted by Crippen LogP contribution is 2.35. The Morgan fingerprint density at radius 2 is 0.913 bits per heavy atom. The molecule has 271 valence electrons. The number of carbonyl (C=O) groups is 1. The van der Waals surface area contributed by atoms with E-state index in [1.807, 2.05) is 0 Å². The highest BCUT2D eigenvalue weighted by atomic mass is 28.5. The molecule has 18 heteroatoms. The fourth-order valence-electron chi connectivity index (χ4n) is 5.02. The minimum Gasteiger partial charge on any atom is -0.462 e. The second-order valence-corrected chi connectivity index (χ2v) is 46.6. The zero-order valence-electron chi connectivity index (χ0n) is 32.6. The van der Waals surface area contributed by atoms with Crippen LogP contribution in [0.25, 0.3) is 0 Å². The van der Waals surface area contributed by atoms with Crippen molar-refractivity contribution in [2.75, 3.05) is 6.61 Å². The normalized spacial score (nSPS) is 13.7. The molecule has 3 radical (unpaired) electrons. The summed E-state index contributed by atoms with van der Waals surface area (Å²) in [7, 11) is -15.6. The average molecular weight is 817 g/mol. The Morgan fingerprint density at radius 1 is 0.609 bits per heavy atom. The molecule has 0 saturated carbocycles. The van der Waals surface area contributed by atoms with Crippen molar-refractivity contribution in [3.63, 3.8) is 0 Å². The van der Waals surface area contributed by atoms with E-state index in [0.717, 1.165) is 36.3 Å². The van der Waals surface area contributed by atoms with Crippen molar-refractivity contribution < 1.29 is 34.2 Å². The molecule has 0 heterocycles. The van der Waals surface area contributed by atoms with Crippen molar-refractivity contribution in [1.82, 2.24) is 0 Å². The molecule has 0 atom stereocenters. The molecule has 0 fully saturated rings. The second kappa shape index (κ2) is 22.2. The molecule has 0 aliphatic heterocycles. The number of esters is 1. The lowest BCUT2D eigenvalue weighted by Gasteiger charge is -2.45. The Bertz CT molecular complexity index is 809. The first kappa shape index (κ1) is 47.1. The molecule has 0 saturated heterocycles. The maximum Gasteiger partial charge on any atom is 0.469 e. The predicted molar refractivity (Wildman–Crippen MR) is 220 cm³/mol. The van der Waals surface area contributed by atoms with Crippen LogP contribution in [0.3, 0.4) is 0 Å². The molecule has 0 aliphatic carbocycles. The highest BCUT2D eigenvalue weighted by molar-refractivity contribution is 6.91. The van der Waals surface area contributed by atoms with Gasteiger partial charge in [0.05, 0.1) is 6.61 Å². The van der Waals surface area contributed by atoms with E-state index in [9.17, 15) is 4.79 Å². The van der Waals surface area contributed by atoms with Crippen molar-refractivity contribution in [3.05, 3.63) is 12.2 Å². The third-order valence-corrected chi connectivity index (χ3v) is 37.6. The summed E-state index contributed by atoms with van der Waals surface area (Å²) in [4.78, 5) is 12.2. The summed E-state index contributed by atoms with van der Waals surface area (Å²) in [5.74, 6) is -0.349. The van der Waals surface area contributed by atoms with Gasteiger partial charge in [-0.3, -0.25) is 0 Å². The lowest BCUT2D eigenvalue weighted by molar-refractivity contribution is -0.139. The molecule has 0 aromatic rings. The van der Waals surface area contributed by atoms with Gasteiger partial charge in [0.25, 0.3) is 0 Å². The number of rotatable bonds is 26. The SMILES string of the molecule is C=C(C)C(=O)OCCC[Si](O[Si](C)(C)CC[Si](C)O[SiH](C)C)(O[Si](C)(C)CC[Si](C)O[SiH](C)C)O[Si](C)(C)CC[Si](C)O[SiH](C)C. The Labute approximate surface area is 299 Å². The van der Waals surface area contributed by atoms with Gasteiger partial charge >= 0.3 is 14.8 Å². The zero-order chi connectivity index (χ0) is 35.9. The van der Waals surface area contributed by atoms with Crippen molar-refractivity contribution in [2.45, 2.75) is 154 Å². The minimum atomic E-state index is -3.20. The van der Waals surface area contributed by atoms with Gasteiger partial charge in [0.15, 0.2) is 79.2 Å². The Balaban J connectivity index is 6.44. The number of carbonyl (C=O) groups excluding carboxylic acids is 1. The third-order valence-electron chi connectivity index (χ3n) is 7.05. The summed E-state index contributed by atoms with van der Waals surface area (Å²) in [5.41, 5.74) is 0.416. The number of ether oxygens (including phenoxy) is 1. The van der Waals surface area contributed by atoms with Gasteiger partial charge in [0.2, 0.25) is 0 Å². The van der Waals surface area contributed by atoms with E-state index in [0.29, 0.717) is 24.6 Å². The molecule has 0 unspecified atom stereocenters. The Hall–Kier alpha value is 1.14. The Kier molecular flexibility index (Phi) is 22.7. The number of hydrogen-bond acceptors (Lipinski definition) is 8. The molecule has 0 aromatic carbocycles. The first-order valence-electron chi connectivity index (χ1n) is 17.3. The second-order valence-electron chi connectivity index (χ2n) is 15.4. The van der Waals surface area contributed by atoms with Crippen LogP contribution in [0.2, 0.25) is 141 Å². The molecular formula is C28H71O8Si10. The molecule has 0 aromatic heterocycles. The molecule has 0 bridgehead atoms. The summed E-state index contributed by atoms with van der Waals surface area (Å²) in [6, 6.07) is 6.96. The lowest BCUT2D eigenvalue weighted by atomic mass is 10.4. The molecule has 0 amide bonds. The topological polar surface area (TPSA) is 81.7 Å². The molecule has 46 heavy (non-hydrogen) atoms. The van der Waals surface area contributed by atoms with E-state index in [4.69, 9.17) is 29.4 Å². The maximum absolute atomic E-state index is 12.2. The summed E-state index contributed by atoms with van der Waals surface area (Å²) < 4.78 is 46.8. The predicted octanol–water partition coefficient (Wildman–Crippen LogP) is 7.96. The smallest absolute Gasteiger partial charge is 0.462 e. The van der Waals surface area contributed by atoms with E-state index in [1.165, 1.54) is 0 Å². The van der Waals surface area contributed by atoms with Crippen LogP contribution < -0.4 is 0 Å². The largest absolute Gasteiger partial charge is 0.469 e. The minimum absolute atomic E-state index is 0.307. The van der Waals surface area contributed by atoms with Gasteiger partial charge in [-0.15, -0.1) is 0 Å². The van der Waals surface area contributed by atoms with Crippen molar-refractivity contribution >= 4 is 94.0 Å². The lowest BCUT2D eigenvalue weighted by Crippen LogP contribution is -2.62. The summed E-state index contributed by atoms with van der Waals surface area (Å²) in [5, 5.41) is 0. The van der Waals surface area contributed by atoms with Crippen LogP contribution >= 0.6 is 0 Å². The van der Waals surface area contributed by atoms with Crippen molar-refractivity contribution in [2.24, 2.45) is 0 Å². The van der Waals surface area contributed by atoms with Gasteiger partial charge in [-0.05, 0) is 148 Å². The van der Waals surface area contributed by atoms with Gasteiger partial charge in [-0.25, -0.2) is 4.79 Å². The summed E-state index contributed by atoms with van der Waals surface area (Å²) in [6.45, 7) is 40.1. The van der Waals surface area contributed by atoms with Crippen LogP contribution in [0.5, 0.6) is 0 Å². The van der Waals surface area contributed by atoms with Gasteiger partial charge in [0.1, 0.15) is 0 Å². The highest BCUT2D eigenvalue weighted by Gasteiger charge is 2.52. The molecule has 0 N–H and O–H groups in total. The molecular weight excluding hydrogens is 745 g/mol. The van der Waals surface area contributed by atoms with E-state index >= 15 is 0 Å². The quantitative estimate of drug-likeness (QED) is 0.0377. The average Bonchev–Trinajstić information content (AvgIpc) is 2.85. The summed E-state index contributed by atoms with van der Waals surface area (Å²) in [6.07, 6.45) is 0.644. The molecule has 0 rings (SSSR count). The van der Waals surface area contributed by atoms with Gasteiger partial charge in [0, 0.05) is 11.6 Å². The van der Waals surface area contributed by atoms with Crippen LogP contribution in [0.1, 0.15) is 13.3 Å². The van der Waals surface area contributed by atoms with Crippen molar-refractivity contribution in [1.29, 1.82) is 0 Å². The first-order chi connectivity index (χ1) is 20.9. The van der Waals surface area contributed by atoms with E-state index < -0.39 is 88.0 Å². The molecule has 8 nitrogen and oxygen atoms in total. The fraction of sp³-hybridized carbons (Fsp3) is 0.893. The van der Waals surface area contributed by atoms with Gasteiger partial charge < -0.3 is 29.4 Å². The van der Waals surface area contributed by atoms with Gasteiger partial charge in [-0.1, -0.05) is 6.58 Å². The Morgan fingerprint density at radius 3 is 1.17 bits per heavy atom. The first-order valence-corrected chi connectivity index (χ1v) is 43.3. The van der Waals surface area contributed by atoms with Crippen LogP contribution in [-0.4, -0.2) is 101 Å². The monoisotopic (exact) mass is 815 g/mol. The van der Waals surface area contributed by atoms with Gasteiger partial charge in [-0.2, -0.15) is 0 Å². The fourth-order valence-corrected chi connectivity index (χ4v) is 42.3. The van der Waals surface area contributed by atoms with Crippen LogP contribution in [0.4, 0.5) is 0 Å². The van der Waals surface area contributed by atoms with Crippen LogP contribution in [-0.2, 0) is 34.2 Å². The third kappa shape index (κ3) is 23.5. The molecule has 0 spiro atoms. The van der Waals surface area contributed by atoms with Crippen LogP contribution in [0.15, 0.2) is 12.2 Å². The van der Waals surface area contributed by atoms with Crippen molar-refractivity contribution in [3.8, 4) is 0 Å². The van der Waals surface area contributed by atoms with Crippen LogP contribution in [0, 0.1) is 0 Å². The number of hydrogen-bond donors (Lipinski definition) is 0. The van der Waals surface area contributed by atoms with E-state index in [1.54, 1.807) is 6.92 Å². The zero-order valence-corrected chi connectivity index (χ0v) is 43.0.